The number of nitrogens with one attached hydrogen (secondary N) is 1. The lowest BCUT2D eigenvalue weighted by atomic mass is 10.1. The van der Waals surface area contributed by atoms with Crippen molar-refractivity contribution in [1.29, 1.82) is 0 Å². The Bertz CT molecular complexity index is 1160. The number of ether oxygens (including phenoxy) is 1. The molecule has 0 fully saturated rings. The number of hydrogen-bond donors (Lipinski definition) is 1. The lowest BCUT2D eigenvalue weighted by Crippen LogP contribution is -2.33. The smallest absolute Gasteiger partial charge is 0.259 e. The summed E-state index contributed by atoms with van der Waals surface area (Å²) < 4.78 is 5.55. The minimum Gasteiger partial charge on any atom is -0.494 e. The van der Waals surface area contributed by atoms with Gasteiger partial charge in [-0.2, -0.15) is 0 Å². The average molecular weight is 461 g/mol. The molecule has 5 nitrogen and oxygen atoms in total. The van der Waals surface area contributed by atoms with Gasteiger partial charge in [-0.1, -0.05) is 43.0 Å². The summed E-state index contributed by atoms with van der Waals surface area (Å²) in [5, 5.41) is 3.02. The van der Waals surface area contributed by atoms with Gasteiger partial charge in [-0.05, 0) is 68.3 Å². The van der Waals surface area contributed by atoms with Crippen LogP contribution in [0.2, 0.25) is 0 Å². The molecule has 3 aromatic carbocycles. The molecular formula is C27H28N2O3S. The molecule has 1 atom stereocenters. The van der Waals surface area contributed by atoms with Gasteiger partial charge in [-0.3, -0.25) is 9.59 Å². The fourth-order valence-electron chi connectivity index (χ4n) is 3.67. The lowest BCUT2D eigenvalue weighted by molar-refractivity contribution is 0.0936. The summed E-state index contributed by atoms with van der Waals surface area (Å²) >= 11 is 1.56. The zero-order chi connectivity index (χ0) is 23.4. The highest BCUT2D eigenvalue weighted by Gasteiger charge is 2.28. The van der Waals surface area contributed by atoms with Crippen LogP contribution >= 0.6 is 11.8 Å². The molecule has 0 aromatic heterocycles. The summed E-state index contributed by atoms with van der Waals surface area (Å²) in [6.45, 7) is 6.96. The standard InChI is InChI=1S/C27H28N2O3S/c1-4-18(3)28-26(30)20-12-15-25-23(16-20)29(17-19-10-13-21(14-11-19)32-5-2)27(31)22-8-6-7-9-24(22)33-25/h6-16,18H,4-5,17H2,1-3H3,(H,28,30)/t18-/m0/s1. The summed E-state index contributed by atoms with van der Waals surface area (Å²) in [5.41, 5.74) is 2.93. The summed E-state index contributed by atoms with van der Waals surface area (Å²) in [5.74, 6) is 0.589. The lowest BCUT2D eigenvalue weighted by Gasteiger charge is -2.24. The maximum absolute atomic E-state index is 13.7. The third-order valence-electron chi connectivity index (χ3n) is 5.66. The summed E-state index contributed by atoms with van der Waals surface area (Å²) in [6.07, 6.45) is 0.851. The van der Waals surface area contributed by atoms with Crippen molar-refractivity contribution in [3.63, 3.8) is 0 Å². The average Bonchev–Trinajstić information content (AvgIpc) is 2.94. The van der Waals surface area contributed by atoms with Crippen molar-refractivity contribution in [2.45, 2.75) is 49.6 Å². The van der Waals surface area contributed by atoms with Gasteiger partial charge in [0.05, 0.1) is 24.4 Å². The molecule has 0 saturated carbocycles. The maximum Gasteiger partial charge on any atom is 0.259 e. The fourth-order valence-corrected chi connectivity index (χ4v) is 4.73. The van der Waals surface area contributed by atoms with Crippen molar-refractivity contribution in [3.05, 3.63) is 83.4 Å². The van der Waals surface area contributed by atoms with Gasteiger partial charge in [-0.15, -0.1) is 0 Å². The third-order valence-corrected chi connectivity index (χ3v) is 6.80. The van der Waals surface area contributed by atoms with E-state index in [0.29, 0.717) is 24.3 Å². The molecule has 0 spiro atoms. The van der Waals surface area contributed by atoms with E-state index in [9.17, 15) is 9.59 Å². The second-order valence-corrected chi connectivity index (χ2v) is 9.12. The Hall–Kier alpha value is -3.25. The summed E-state index contributed by atoms with van der Waals surface area (Å²) in [4.78, 5) is 30.1. The Balaban J connectivity index is 1.74. The molecule has 0 saturated heterocycles. The van der Waals surface area contributed by atoms with Gasteiger partial charge in [0.1, 0.15) is 5.75 Å². The van der Waals surface area contributed by atoms with Gasteiger partial charge in [0.15, 0.2) is 0 Å². The van der Waals surface area contributed by atoms with Crippen molar-refractivity contribution in [3.8, 4) is 5.75 Å². The Kier molecular flexibility index (Phi) is 7.04. The Morgan fingerprint density at radius 3 is 2.52 bits per heavy atom. The van der Waals surface area contributed by atoms with Crippen molar-refractivity contribution in [2.75, 3.05) is 11.5 Å². The molecular weight excluding hydrogens is 432 g/mol. The van der Waals surface area contributed by atoms with Gasteiger partial charge in [0.2, 0.25) is 0 Å². The van der Waals surface area contributed by atoms with E-state index in [0.717, 1.165) is 33.2 Å². The Morgan fingerprint density at radius 1 is 1.03 bits per heavy atom. The molecule has 0 unspecified atom stereocenters. The van der Waals surface area contributed by atoms with Crippen LogP contribution in [0.25, 0.3) is 0 Å². The van der Waals surface area contributed by atoms with E-state index in [-0.39, 0.29) is 17.9 Å². The quantitative estimate of drug-likeness (QED) is 0.475. The number of anilines is 1. The number of amides is 2. The molecule has 33 heavy (non-hydrogen) atoms. The van der Waals surface area contributed by atoms with E-state index >= 15 is 0 Å². The first kappa shape index (κ1) is 22.9. The van der Waals surface area contributed by atoms with Crippen LogP contribution in [0.3, 0.4) is 0 Å². The molecule has 1 aliphatic rings. The van der Waals surface area contributed by atoms with Crippen LogP contribution in [0.15, 0.2) is 76.5 Å². The van der Waals surface area contributed by atoms with Crippen molar-refractivity contribution < 1.29 is 14.3 Å². The van der Waals surface area contributed by atoms with Crippen molar-refractivity contribution in [1.82, 2.24) is 5.32 Å². The minimum atomic E-state index is -0.132. The molecule has 0 radical (unpaired) electrons. The third kappa shape index (κ3) is 5.06. The molecule has 0 bridgehead atoms. The molecule has 1 aliphatic heterocycles. The topological polar surface area (TPSA) is 58.6 Å². The second kappa shape index (κ2) is 10.1. The van der Waals surface area contributed by atoms with Crippen LogP contribution in [0.1, 0.15) is 53.5 Å². The van der Waals surface area contributed by atoms with Crippen LogP contribution in [-0.4, -0.2) is 24.5 Å². The molecule has 4 rings (SSSR count). The zero-order valence-electron chi connectivity index (χ0n) is 19.1. The molecule has 3 aromatic rings. The van der Waals surface area contributed by atoms with E-state index in [1.54, 1.807) is 16.7 Å². The van der Waals surface area contributed by atoms with E-state index in [1.165, 1.54) is 0 Å². The van der Waals surface area contributed by atoms with E-state index in [2.05, 4.69) is 5.32 Å². The van der Waals surface area contributed by atoms with Crippen molar-refractivity contribution in [2.24, 2.45) is 0 Å². The fraction of sp³-hybridized carbons (Fsp3) is 0.259. The first-order valence-corrected chi connectivity index (χ1v) is 12.1. The highest BCUT2D eigenvalue weighted by Crippen LogP contribution is 2.42. The number of fused-ring (bicyclic) bond motifs is 2. The highest BCUT2D eigenvalue weighted by atomic mass is 32.2. The predicted octanol–water partition coefficient (Wildman–Crippen LogP) is 5.93. The van der Waals surface area contributed by atoms with Crippen LogP contribution in [0.4, 0.5) is 5.69 Å². The number of rotatable bonds is 7. The molecule has 6 heteroatoms. The summed E-state index contributed by atoms with van der Waals surface area (Å²) in [7, 11) is 0. The Labute approximate surface area is 199 Å². The normalized spacial score (nSPS) is 13.5. The number of nitrogens with zero attached hydrogens (tertiary/aromatic N) is 1. The predicted molar refractivity (Wildman–Crippen MR) is 132 cm³/mol. The largest absolute Gasteiger partial charge is 0.494 e. The van der Waals surface area contributed by atoms with Gasteiger partial charge >= 0.3 is 0 Å². The van der Waals surface area contributed by atoms with Crippen molar-refractivity contribution >= 4 is 29.3 Å². The number of carbonyl (C=O) groups is 2. The minimum absolute atomic E-state index is 0.0785. The van der Waals surface area contributed by atoms with Crippen LogP contribution < -0.4 is 15.0 Å². The van der Waals surface area contributed by atoms with Crippen LogP contribution in [-0.2, 0) is 6.54 Å². The molecule has 1 N–H and O–H groups in total. The second-order valence-electron chi connectivity index (χ2n) is 8.03. The van der Waals surface area contributed by atoms with Gasteiger partial charge in [0.25, 0.3) is 11.8 Å². The SMILES string of the molecule is CCOc1ccc(CN2C(=O)c3ccccc3Sc3ccc(C(=O)N[C@@H](C)CC)cc32)cc1. The van der Waals surface area contributed by atoms with E-state index < -0.39 is 0 Å². The highest BCUT2D eigenvalue weighted by molar-refractivity contribution is 7.99. The van der Waals surface area contributed by atoms with Crippen LogP contribution in [0.5, 0.6) is 5.75 Å². The van der Waals surface area contributed by atoms with Crippen LogP contribution in [0, 0.1) is 0 Å². The monoisotopic (exact) mass is 460 g/mol. The Morgan fingerprint density at radius 2 is 1.79 bits per heavy atom. The van der Waals surface area contributed by atoms with Gasteiger partial charge in [-0.25, -0.2) is 0 Å². The number of benzene rings is 3. The van der Waals surface area contributed by atoms with Gasteiger partial charge < -0.3 is 15.0 Å². The first-order chi connectivity index (χ1) is 16.0. The van der Waals surface area contributed by atoms with Gasteiger partial charge in [0, 0.05) is 21.4 Å². The van der Waals surface area contributed by atoms with E-state index in [1.807, 2.05) is 87.5 Å². The van der Waals surface area contributed by atoms with E-state index in [4.69, 9.17) is 4.74 Å². The number of hydrogen-bond acceptors (Lipinski definition) is 4. The zero-order valence-corrected chi connectivity index (χ0v) is 19.9. The molecule has 1 heterocycles. The first-order valence-electron chi connectivity index (χ1n) is 11.3. The number of carbonyl (C=O) groups excluding carboxylic acids is 2. The molecule has 0 aliphatic carbocycles. The maximum atomic E-state index is 13.7. The molecule has 170 valence electrons. The summed E-state index contributed by atoms with van der Waals surface area (Å²) in [6, 6.07) is 21.1. The molecule has 2 amide bonds.